The van der Waals surface area contributed by atoms with Crippen LogP contribution < -0.4 is 0 Å². The van der Waals surface area contributed by atoms with E-state index in [4.69, 9.17) is 0 Å². The second-order valence-corrected chi connectivity index (χ2v) is 6.77. The number of rotatable bonds is 3. The predicted octanol–water partition coefficient (Wildman–Crippen LogP) is 5.01. The van der Waals surface area contributed by atoms with Crippen LogP contribution in [-0.2, 0) is 6.42 Å². The Balaban J connectivity index is 2.17. The maximum absolute atomic E-state index is 12.1. The lowest BCUT2D eigenvalue weighted by Gasteiger charge is -1.99. The van der Waals surface area contributed by atoms with Crippen LogP contribution >= 0.6 is 43.2 Å². The van der Waals surface area contributed by atoms with Crippen LogP contribution in [0.1, 0.15) is 20.1 Å². The standard InChI is InChI=1S/C13H10Br2OS/c1-8-11(15)7-13(17-8)12(16)6-9-3-2-4-10(14)5-9/h2-5,7H,6H2,1H3. The summed E-state index contributed by atoms with van der Waals surface area (Å²) in [6.07, 6.45) is 0.450. The summed E-state index contributed by atoms with van der Waals surface area (Å²) in [5.41, 5.74) is 1.03. The van der Waals surface area contributed by atoms with Crippen LogP contribution in [0.25, 0.3) is 0 Å². The molecular weight excluding hydrogens is 364 g/mol. The molecule has 0 aliphatic heterocycles. The Hall–Kier alpha value is -0.450. The summed E-state index contributed by atoms with van der Waals surface area (Å²) < 4.78 is 2.02. The van der Waals surface area contributed by atoms with Crippen molar-refractivity contribution in [3.63, 3.8) is 0 Å². The number of hydrogen-bond donors (Lipinski definition) is 0. The number of halogens is 2. The fraction of sp³-hybridized carbons (Fsp3) is 0.154. The molecule has 1 aromatic carbocycles. The normalized spacial score (nSPS) is 10.5. The summed E-state index contributed by atoms with van der Waals surface area (Å²) in [6, 6.07) is 9.76. The first-order valence-corrected chi connectivity index (χ1v) is 7.50. The Morgan fingerprint density at radius 1 is 1.29 bits per heavy atom. The molecule has 0 radical (unpaired) electrons. The van der Waals surface area contributed by atoms with E-state index in [1.807, 2.05) is 37.3 Å². The van der Waals surface area contributed by atoms with Gasteiger partial charge in [0.2, 0.25) is 0 Å². The van der Waals surface area contributed by atoms with Gasteiger partial charge in [0.05, 0.1) is 4.88 Å². The van der Waals surface area contributed by atoms with Crippen molar-refractivity contribution >= 4 is 49.0 Å². The van der Waals surface area contributed by atoms with Gasteiger partial charge in [0.25, 0.3) is 0 Å². The SMILES string of the molecule is Cc1sc(C(=O)Cc2cccc(Br)c2)cc1Br. The van der Waals surface area contributed by atoms with Crippen LogP contribution in [0.3, 0.4) is 0 Å². The Kier molecular flexibility index (Phi) is 4.17. The van der Waals surface area contributed by atoms with Crippen molar-refractivity contribution in [2.24, 2.45) is 0 Å². The van der Waals surface area contributed by atoms with Crippen LogP contribution in [-0.4, -0.2) is 5.78 Å². The molecule has 88 valence electrons. The molecule has 0 saturated heterocycles. The van der Waals surface area contributed by atoms with E-state index in [1.54, 1.807) is 0 Å². The molecule has 2 rings (SSSR count). The minimum Gasteiger partial charge on any atom is -0.293 e. The molecule has 4 heteroatoms. The van der Waals surface area contributed by atoms with Gasteiger partial charge in [-0.05, 0) is 46.6 Å². The zero-order valence-electron chi connectivity index (χ0n) is 9.17. The third-order valence-corrected chi connectivity index (χ3v) is 5.06. The van der Waals surface area contributed by atoms with E-state index < -0.39 is 0 Å². The molecule has 0 N–H and O–H groups in total. The van der Waals surface area contributed by atoms with Crippen LogP contribution in [0.15, 0.2) is 39.3 Å². The van der Waals surface area contributed by atoms with E-state index in [-0.39, 0.29) is 5.78 Å². The first-order chi connectivity index (χ1) is 8.06. The van der Waals surface area contributed by atoms with Gasteiger partial charge in [0, 0.05) is 20.2 Å². The van der Waals surface area contributed by atoms with Gasteiger partial charge in [-0.15, -0.1) is 11.3 Å². The highest BCUT2D eigenvalue weighted by atomic mass is 79.9. The first kappa shape index (κ1) is 13.0. The lowest BCUT2D eigenvalue weighted by atomic mass is 10.1. The van der Waals surface area contributed by atoms with Gasteiger partial charge in [-0.1, -0.05) is 28.1 Å². The van der Waals surface area contributed by atoms with Crippen molar-refractivity contribution in [3.05, 3.63) is 54.6 Å². The minimum absolute atomic E-state index is 0.168. The number of carbonyl (C=O) groups excluding carboxylic acids is 1. The summed E-state index contributed by atoms with van der Waals surface area (Å²) >= 11 is 8.38. The lowest BCUT2D eigenvalue weighted by Crippen LogP contribution is -2.00. The highest BCUT2D eigenvalue weighted by molar-refractivity contribution is 9.10. The average molecular weight is 374 g/mol. The third-order valence-electron chi connectivity index (χ3n) is 2.39. The van der Waals surface area contributed by atoms with Crippen molar-refractivity contribution in [2.45, 2.75) is 13.3 Å². The van der Waals surface area contributed by atoms with E-state index in [1.165, 1.54) is 11.3 Å². The van der Waals surface area contributed by atoms with E-state index in [9.17, 15) is 4.79 Å². The Bertz CT molecular complexity index is 541. The van der Waals surface area contributed by atoms with Crippen molar-refractivity contribution in [2.75, 3.05) is 0 Å². The van der Waals surface area contributed by atoms with Crippen LogP contribution in [0.4, 0.5) is 0 Å². The fourth-order valence-electron chi connectivity index (χ4n) is 1.52. The van der Waals surface area contributed by atoms with Gasteiger partial charge in [-0.3, -0.25) is 4.79 Å². The van der Waals surface area contributed by atoms with Crippen molar-refractivity contribution in [1.29, 1.82) is 0 Å². The Morgan fingerprint density at radius 3 is 2.65 bits per heavy atom. The molecule has 0 saturated carbocycles. The first-order valence-electron chi connectivity index (χ1n) is 5.10. The molecule has 0 bridgehead atoms. The number of Topliss-reactive ketones (excluding diaryl/α,β-unsaturated/α-hetero) is 1. The van der Waals surface area contributed by atoms with Gasteiger partial charge < -0.3 is 0 Å². The Labute approximate surface area is 121 Å². The molecule has 2 aromatic rings. The van der Waals surface area contributed by atoms with Gasteiger partial charge in [-0.2, -0.15) is 0 Å². The van der Waals surface area contributed by atoms with Gasteiger partial charge >= 0.3 is 0 Å². The summed E-state index contributed by atoms with van der Waals surface area (Å²) in [6.45, 7) is 2.00. The lowest BCUT2D eigenvalue weighted by molar-refractivity contribution is 0.0997. The quantitative estimate of drug-likeness (QED) is 0.691. The van der Waals surface area contributed by atoms with E-state index in [2.05, 4.69) is 31.9 Å². The molecule has 17 heavy (non-hydrogen) atoms. The van der Waals surface area contributed by atoms with Gasteiger partial charge in [0.1, 0.15) is 0 Å². The largest absolute Gasteiger partial charge is 0.293 e. The number of hydrogen-bond acceptors (Lipinski definition) is 2. The van der Waals surface area contributed by atoms with Crippen molar-refractivity contribution in [1.82, 2.24) is 0 Å². The highest BCUT2D eigenvalue weighted by Gasteiger charge is 2.11. The fourth-order valence-corrected chi connectivity index (χ4v) is 3.44. The second kappa shape index (κ2) is 5.46. The van der Waals surface area contributed by atoms with E-state index in [0.29, 0.717) is 6.42 Å². The number of aryl methyl sites for hydroxylation is 1. The summed E-state index contributed by atoms with van der Waals surface area (Å²) in [5.74, 6) is 0.168. The Morgan fingerprint density at radius 2 is 2.06 bits per heavy atom. The molecule has 0 unspecified atom stereocenters. The summed E-state index contributed by atoms with van der Waals surface area (Å²) in [4.78, 5) is 14.0. The molecule has 1 heterocycles. The summed E-state index contributed by atoms with van der Waals surface area (Å²) in [5, 5.41) is 0. The van der Waals surface area contributed by atoms with Crippen molar-refractivity contribution in [3.8, 4) is 0 Å². The van der Waals surface area contributed by atoms with Crippen LogP contribution in [0, 0.1) is 6.92 Å². The zero-order valence-corrected chi connectivity index (χ0v) is 13.2. The monoisotopic (exact) mass is 372 g/mol. The molecule has 0 spiro atoms. The number of ketones is 1. The minimum atomic E-state index is 0.168. The number of thiophene rings is 1. The van der Waals surface area contributed by atoms with Gasteiger partial charge in [-0.25, -0.2) is 0 Å². The number of benzene rings is 1. The average Bonchev–Trinajstić information content (AvgIpc) is 2.59. The number of carbonyl (C=O) groups is 1. The third kappa shape index (κ3) is 3.27. The van der Waals surface area contributed by atoms with Gasteiger partial charge in [0.15, 0.2) is 5.78 Å². The molecule has 0 aliphatic rings. The molecule has 1 aromatic heterocycles. The highest BCUT2D eigenvalue weighted by Crippen LogP contribution is 2.27. The maximum atomic E-state index is 12.1. The van der Waals surface area contributed by atoms with E-state index in [0.717, 1.165) is 24.3 Å². The molecule has 0 atom stereocenters. The zero-order chi connectivity index (χ0) is 12.4. The van der Waals surface area contributed by atoms with Crippen LogP contribution in [0.2, 0.25) is 0 Å². The smallest absolute Gasteiger partial charge is 0.177 e. The molecule has 0 amide bonds. The molecule has 0 aliphatic carbocycles. The molecule has 0 fully saturated rings. The topological polar surface area (TPSA) is 17.1 Å². The molecule has 1 nitrogen and oxygen atoms in total. The second-order valence-electron chi connectivity index (χ2n) is 3.74. The predicted molar refractivity (Wildman–Crippen MR) is 78.9 cm³/mol. The maximum Gasteiger partial charge on any atom is 0.177 e. The summed E-state index contributed by atoms with van der Waals surface area (Å²) in [7, 11) is 0. The van der Waals surface area contributed by atoms with E-state index >= 15 is 0 Å². The van der Waals surface area contributed by atoms with Crippen molar-refractivity contribution < 1.29 is 4.79 Å². The molecular formula is C13H10Br2OS. The van der Waals surface area contributed by atoms with Crippen LogP contribution in [0.5, 0.6) is 0 Å².